The van der Waals surface area contributed by atoms with E-state index in [0.717, 1.165) is 6.29 Å². The van der Waals surface area contributed by atoms with Crippen molar-refractivity contribution in [2.24, 2.45) is 0 Å². The van der Waals surface area contributed by atoms with E-state index in [1.807, 2.05) is 34.6 Å². The molecule has 7 nitrogen and oxygen atoms in total. The molecule has 0 amide bonds. The van der Waals surface area contributed by atoms with Crippen LogP contribution in [0.15, 0.2) is 30.5 Å². The van der Waals surface area contributed by atoms with Crippen LogP contribution in [0.5, 0.6) is 17.4 Å². The van der Waals surface area contributed by atoms with Gasteiger partial charge in [-0.25, -0.2) is 9.83 Å². The van der Waals surface area contributed by atoms with E-state index in [4.69, 9.17) is 25.4 Å². The van der Waals surface area contributed by atoms with Crippen molar-refractivity contribution in [3.05, 3.63) is 47.4 Å². The third-order valence-electron chi connectivity index (χ3n) is 5.16. The van der Waals surface area contributed by atoms with Gasteiger partial charge in [0.1, 0.15) is 17.8 Å². The van der Waals surface area contributed by atoms with Crippen molar-refractivity contribution in [3.63, 3.8) is 0 Å². The Bertz CT molecular complexity index is 952. The van der Waals surface area contributed by atoms with E-state index in [0.29, 0.717) is 34.8 Å². The Morgan fingerprint density at radius 1 is 1.21 bits per heavy atom. The SMILES string of the molecule is [C-]#[N+]c1cnc(Oc2ccc(B3OC(C)(C)C(C)(C)O3)c(C=O)c2)cc1OCC. The van der Waals surface area contributed by atoms with Gasteiger partial charge in [0.15, 0.2) is 0 Å². The Morgan fingerprint density at radius 2 is 1.90 bits per heavy atom. The lowest BCUT2D eigenvalue weighted by Gasteiger charge is -2.32. The summed E-state index contributed by atoms with van der Waals surface area (Å²) in [5, 5.41) is 0. The molecule has 1 aliphatic heterocycles. The van der Waals surface area contributed by atoms with E-state index >= 15 is 0 Å². The molecule has 3 rings (SSSR count). The standard InChI is InChI=1S/C21H23BN2O5/c1-7-26-18-11-19(24-12-17(18)23-6)27-15-8-9-16(14(10-15)13-25)22-28-20(2,3)21(4,5)29-22/h8-13H,7H2,1-5H3. The summed E-state index contributed by atoms with van der Waals surface area (Å²) >= 11 is 0. The first-order valence-corrected chi connectivity index (χ1v) is 9.33. The molecule has 1 fully saturated rings. The minimum absolute atomic E-state index is 0.265. The molecular formula is C21H23BN2O5. The van der Waals surface area contributed by atoms with Gasteiger partial charge in [-0.3, -0.25) is 4.79 Å². The fourth-order valence-corrected chi connectivity index (χ4v) is 2.85. The van der Waals surface area contributed by atoms with Crippen molar-refractivity contribution in [2.45, 2.75) is 45.8 Å². The number of carbonyl (C=O) groups is 1. The lowest BCUT2D eigenvalue weighted by atomic mass is 9.76. The Hall–Kier alpha value is -2.89. The van der Waals surface area contributed by atoms with Crippen LogP contribution >= 0.6 is 0 Å². The maximum atomic E-state index is 11.7. The monoisotopic (exact) mass is 394 g/mol. The average molecular weight is 394 g/mol. The van der Waals surface area contributed by atoms with Crippen molar-refractivity contribution in [1.82, 2.24) is 4.98 Å². The van der Waals surface area contributed by atoms with Crippen molar-refractivity contribution in [2.75, 3.05) is 6.61 Å². The Balaban J connectivity index is 1.86. The molecule has 1 aliphatic rings. The zero-order valence-corrected chi connectivity index (χ0v) is 17.2. The number of aromatic nitrogens is 1. The number of aldehydes is 1. The second kappa shape index (κ2) is 7.86. The fourth-order valence-electron chi connectivity index (χ4n) is 2.85. The molecule has 2 heterocycles. The van der Waals surface area contributed by atoms with Crippen molar-refractivity contribution in [1.29, 1.82) is 0 Å². The Kier molecular flexibility index (Phi) is 5.65. The number of rotatable bonds is 6. The maximum absolute atomic E-state index is 11.7. The smallest absolute Gasteiger partial charge is 0.495 e. The maximum Gasteiger partial charge on any atom is 0.495 e. The minimum Gasteiger partial charge on any atom is -0.505 e. The largest absolute Gasteiger partial charge is 0.505 e. The fraction of sp³-hybridized carbons (Fsp3) is 0.381. The van der Waals surface area contributed by atoms with Crippen molar-refractivity contribution >= 4 is 24.6 Å². The van der Waals surface area contributed by atoms with Gasteiger partial charge in [0.05, 0.1) is 24.4 Å². The van der Waals surface area contributed by atoms with Gasteiger partial charge < -0.3 is 18.8 Å². The third-order valence-corrected chi connectivity index (χ3v) is 5.16. The molecule has 29 heavy (non-hydrogen) atoms. The van der Waals surface area contributed by atoms with Crippen LogP contribution in [0.1, 0.15) is 45.0 Å². The summed E-state index contributed by atoms with van der Waals surface area (Å²) < 4.78 is 23.3. The molecule has 1 aromatic heterocycles. The predicted molar refractivity (Wildman–Crippen MR) is 109 cm³/mol. The first kappa shape index (κ1) is 20.8. The normalized spacial score (nSPS) is 16.9. The highest BCUT2D eigenvalue weighted by Gasteiger charge is 2.52. The zero-order valence-electron chi connectivity index (χ0n) is 17.2. The second-order valence-electron chi connectivity index (χ2n) is 7.63. The topological polar surface area (TPSA) is 71.2 Å². The third kappa shape index (κ3) is 4.11. The number of hydrogen-bond acceptors (Lipinski definition) is 6. The van der Waals surface area contributed by atoms with E-state index in [9.17, 15) is 4.79 Å². The zero-order chi connectivity index (χ0) is 21.2. The molecule has 0 saturated carbocycles. The number of ether oxygens (including phenoxy) is 2. The van der Waals surface area contributed by atoms with Gasteiger partial charge in [-0.2, -0.15) is 0 Å². The number of nitrogens with zero attached hydrogens (tertiary/aromatic N) is 2. The molecule has 0 N–H and O–H groups in total. The van der Waals surface area contributed by atoms with E-state index in [2.05, 4.69) is 9.83 Å². The summed E-state index contributed by atoms with van der Waals surface area (Å²) in [4.78, 5) is 19.2. The lowest BCUT2D eigenvalue weighted by Crippen LogP contribution is -2.41. The molecule has 8 heteroatoms. The summed E-state index contributed by atoms with van der Waals surface area (Å²) in [5.41, 5.74) is 0.346. The summed E-state index contributed by atoms with van der Waals surface area (Å²) in [6, 6.07) is 6.63. The van der Waals surface area contributed by atoms with Crippen LogP contribution in [0.25, 0.3) is 4.85 Å². The van der Waals surface area contributed by atoms with E-state index in [-0.39, 0.29) is 5.88 Å². The van der Waals surface area contributed by atoms with Crippen LogP contribution < -0.4 is 14.9 Å². The second-order valence-corrected chi connectivity index (χ2v) is 7.63. The summed E-state index contributed by atoms with van der Waals surface area (Å²) in [6.45, 7) is 17.3. The molecule has 0 unspecified atom stereocenters. The van der Waals surface area contributed by atoms with Gasteiger partial charge in [-0.05, 0) is 52.2 Å². The van der Waals surface area contributed by atoms with Crippen LogP contribution in [0.2, 0.25) is 0 Å². The van der Waals surface area contributed by atoms with Crippen LogP contribution in [0.3, 0.4) is 0 Å². The molecule has 0 spiro atoms. The number of benzene rings is 1. The molecule has 0 radical (unpaired) electrons. The average Bonchev–Trinajstić information content (AvgIpc) is 2.89. The predicted octanol–water partition coefficient (Wildman–Crippen LogP) is 3.94. The molecule has 0 aliphatic carbocycles. The Morgan fingerprint density at radius 3 is 2.48 bits per heavy atom. The van der Waals surface area contributed by atoms with Gasteiger partial charge in [0, 0.05) is 17.8 Å². The van der Waals surface area contributed by atoms with Gasteiger partial charge in [0.2, 0.25) is 11.6 Å². The number of hydrogen-bond donors (Lipinski definition) is 0. The molecule has 1 saturated heterocycles. The number of pyridine rings is 1. The van der Waals surface area contributed by atoms with Gasteiger partial charge in [-0.1, -0.05) is 6.07 Å². The van der Waals surface area contributed by atoms with Gasteiger partial charge >= 0.3 is 7.12 Å². The van der Waals surface area contributed by atoms with Crippen molar-refractivity contribution in [3.8, 4) is 17.4 Å². The van der Waals surface area contributed by atoms with Crippen molar-refractivity contribution < 1.29 is 23.6 Å². The highest BCUT2D eigenvalue weighted by atomic mass is 16.7. The number of carbonyl (C=O) groups excluding carboxylic acids is 1. The van der Waals surface area contributed by atoms with Crippen LogP contribution in [-0.2, 0) is 9.31 Å². The first-order chi connectivity index (χ1) is 13.7. The highest BCUT2D eigenvalue weighted by Crippen LogP contribution is 2.37. The van der Waals surface area contributed by atoms with Crippen LogP contribution in [0, 0.1) is 6.57 Å². The molecule has 0 bridgehead atoms. The first-order valence-electron chi connectivity index (χ1n) is 9.33. The quantitative estimate of drug-likeness (QED) is 0.420. The summed E-state index contributed by atoms with van der Waals surface area (Å²) in [6.07, 6.45) is 2.14. The van der Waals surface area contributed by atoms with Gasteiger partial charge in [-0.15, -0.1) is 0 Å². The van der Waals surface area contributed by atoms with Crippen LogP contribution in [-0.4, -0.2) is 36.2 Å². The van der Waals surface area contributed by atoms with Crippen LogP contribution in [0.4, 0.5) is 5.69 Å². The van der Waals surface area contributed by atoms with Gasteiger partial charge in [0.25, 0.3) is 0 Å². The molecule has 150 valence electrons. The summed E-state index contributed by atoms with van der Waals surface area (Å²) in [5.74, 6) is 1.09. The Labute approximate surface area is 170 Å². The molecule has 1 aromatic carbocycles. The highest BCUT2D eigenvalue weighted by molar-refractivity contribution is 6.63. The van der Waals surface area contributed by atoms with E-state index in [1.54, 1.807) is 24.3 Å². The molecule has 2 aromatic rings. The summed E-state index contributed by atoms with van der Waals surface area (Å²) in [7, 11) is -0.644. The van der Waals surface area contributed by atoms with E-state index in [1.165, 1.54) is 6.20 Å². The lowest BCUT2D eigenvalue weighted by molar-refractivity contribution is 0.00578. The minimum atomic E-state index is -0.644. The molecular weight excluding hydrogens is 371 g/mol. The van der Waals surface area contributed by atoms with E-state index < -0.39 is 18.3 Å². The molecule has 0 atom stereocenters.